The van der Waals surface area contributed by atoms with Gasteiger partial charge in [-0.2, -0.15) is 0 Å². The van der Waals surface area contributed by atoms with E-state index < -0.39 is 5.82 Å². The van der Waals surface area contributed by atoms with Gasteiger partial charge in [-0.3, -0.25) is 0 Å². The van der Waals surface area contributed by atoms with Crippen molar-refractivity contribution in [2.45, 2.75) is 13.8 Å². The van der Waals surface area contributed by atoms with Crippen LogP contribution in [0.3, 0.4) is 0 Å². The summed E-state index contributed by atoms with van der Waals surface area (Å²) in [6.07, 6.45) is 0. The van der Waals surface area contributed by atoms with Crippen molar-refractivity contribution in [3.05, 3.63) is 53.3 Å². The van der Waals surface area contributed by atoms with Crippen molar-refractivity contribution in [1.82, 2.24) is 0 Å². The van der Waals surface area contributed by atoms with E-state index in [0.717, 1.165) is 11.3 Å². The van der Waals surface area contributed by atoms with E-state index >= 15 is 0 Å². The lowest BCUT2D eigenvalue weighted by molar-refractivity contribution is 0.633. The van der Waals surface area contributed by atoms with Crippen LogP contribution in [0.5, 0.6) is 0 Å². The van der Waals surface area contributed by atoms with Crippen molar-refractivity contribution >= 4 is 17.1 Å². The van der Waals surface area contributed by atoms with Crippen LogP contribution in [0, 0.1) is 19.7 Å². The normalized spacial score (nSPS) is 10.3. The zero-order valence-corrected chi connectivity index (χ0v) is 9.92. The van der Waals surface area contributed by atoms with E-state index in [-0.39, 0.29) is 5.69 Å². The van der Waals surface area contributed by atoms with Crippen LogP contribution in [-0.4, -0.2) is 0 Å². The van der Waals surface area contributed by atoms with Gasteiger partial charge in [-0.15, -0.1) is 0 Å². The Kier molecular flexibility index (Phi) is 3.00. The number of hydrogen-bond acceptors (Lipinski definition) is 2. The summed E-state index contributed by atoms with van der Waals surface area (Å²) in [4.78, 5) is 0. The summed E-state index contributed by atoms with van der Waals surface area (Å²) in [5.74, 6) is -0.403. The second-order valence-electron chi connectivity index (χ2n) is 4.18. The molecule has 88 valence electrons. The van der Waals surface area contributed by atoms with Crippen LogP contribution in [-0.2, 0) is 0 Å². The highest BCUT2D eigenvalue weighted by molar-refractivity contribution is 5.65. The fourth-order valence-electron chi connectivity index (χ4n) is 1.71. The molecule has 0 saturated carbocycles. The Labute approximate surface area is 100 Å². The molecule has 0 radical (unpaired) electrons. The molecule has 0 aliphatic rings. The predicted molar refractivity (Wildman–Crippen MR) is 70.0 cm³/mol. The molecule has 0 heterocycles. The monoisotopic (exact) mass is 230 g/mol. The van der Waals surface area contributed by atoms with Gasteiger partial charge in [-0.1, -0.05) is 17.7 Å². The highest BCUT2D eigenvalue weighted by Gasteiger charge is 2.02. The minimum atomic E-state index is -0.403. The summed E-state index contributed by atoms with van der Waals surface area (Å²) in [5, 5.41) is 3.17. The summed E-state index contributed by atoms with van der Waals surface area (Å²) < 4.78 is 13.3. The Hall–Kier alpha value is -2.03. The van der Waals surface area contributed by atoms with Crippen molar-refractivity contribution in [3.63, 3.8) is 0 Å². The van der Waals surface area contributed by atoms with Crippen molar-refractivity contribution in [3.8, 4) is 0 Å². The number of rotatable bonds is 2. The quantitative estimate of drug-likeness (QED) is 0.771. The maximum atomic E-state index is 13.3. The van der Waals surface area contributed by atoms with E-state index in [9.17, 15) is 4.39 Å². The lowest BCUT2D eigenvalue weighted by Crippen LogP contribution is -1.96. The van der Waals surface area contributed by atoms with Crippen LogP contribution >= 0.6 is 0 Å². The van der Waals surface area contributed by atoms with Gasteiger partial charge in [0.1, 0.15) is 5.82 Å². The molecule has 0 bridgehead atoms. The average Bonchev–Trinajstić information content (AvgIpc) is 2.27. The van der Waals surface area contributed by atoms with Crippen LogP contribution in [0.15, 0.2) is 36.4 Å². The summed E-state index contributed by atoms with van der Waals surface area (Å²) in [6, 6.07) is 10.8. The van der Waals surface area contributed by atoms with Crippen LogP contribution in [0.2, 0.25) is 0 Å². The minimum Gasteiger partial charge on any atom is -0.396 e. The number of nitrogens with two attached hydrogens (primary N) is 1. The van der Waals surface area contributed by atoms with Gasteiger partial charge in [0, 0.05) is 11.4 Å². The number of nitrogens with one attached hydrogen (secondary N) is 1. The lowest BCUT2D eigenvalue weighted by atomic mass is 10.1. The number of aryl methyl sites for hydroxylation is 2. The third-order valence-corrected chi connectivity index (χ3v) is 2.66. The molecular formula is C14H15FN2. The molecule has 0 unspecified atom stereocenters. The molecule has 3 heteroatoms. The molecule has 17 heavy (non-hydrogen) atoms. The van der Waals surface area contributed by atoms with Gasteiger partial charge in [0.05, 0.1) is 5.69 Å². The topological polar surface area (TPSA) is 38.0 Å². The first-order chi connectivity index (χ1) is 8.06. The standard InChI is InChI=1S/C14H15FN2/c1-9-3-6-14(10(2)7-9)17-11-4-5-13(16)12(15)8-11/h3-8,17H,16H2,1-2H3. The Morgan fingerprint density at radius 2 is 1.82 bits per heavy atom. The van der Waals surface area contributed by atoms with Crippen LogP contribution in [0.1, 0.15) is 11.1 Å². The molecule has 0 spiro atoms. The third-order valence-electron chi connectivity index (χ3n) is 2.66. The van der Waals surface area contributed by atoms with E-state index in [0.29, 0.717) is 5.69 Å². The second-order valence-corrected chi connectivity index (χ2v) is 4.18. The molecule has 2 rings (SSSR count). The van der Waals surface area contributed by atoms with Gasteiger partial charge >= 0.3 is 0 Å². The number of nitrogen functional groups attached to an aromatic ring is 1. The Bertz CT molecular complexity index is 550. The first-order valence-corrected chi connectivity index (χ1v) is 5.45. The summed E-state index contributed by atoms with van der Waals surface area (Å²) in [5.41, 5.74) is 9.59. The SMILES string of the molecule is Cc1ccc(Nc2ccc(N)c(F)c2)c(C)c1. The molecular weight excluding hydrogens is 215 g/mol. The van der Waals surface area contributed by atoms with Crippen LogP contribution < -0.4 is 11.1 Å². The summed E-state index contributed by atoms with van der Waals surface area (Å²) in [7, 11) is 0. The Morgan fingerprint density at radius 1 is 1.06 bits per heavy atom. The number of halogens is 1. The molecule has 0 aliphatic heterocycles. The third kappa shape index (κ3) is 2.56. The fourth-order valence-corrected chi connectivity index (χ4v) is 1.71. The second kappa shape index (κ2) is 4.45. The van der Waals surface area contributed by atoms with Gasteiger partial charge in [-0.25, -0.2) is 4.39 Å². The minimum absolute atomic E-state index is 0.163. The highest BCUT2D eigenvalue weighted by atomic mass is 19.1. The van der Waals surface area contributed by atoms with Gasteiger partial charge in [0.15, 0.2) is 0 Å². The maximum absolute atomic E-state index is 13.3. The van der Waals surface area contributed by atoms with Crippen LogP contribution in [0.4, 0.5) is 21.5 Å². The molecule has 0 atom stereocenters. The van der Waals surface area contributed by atoms with Gasteiger partial charge < -0.3 is 11.1 Å². The van der Waals surface area contributed by atoms with Gasteiger partial charge in [-0.05, 0) is 43.7 Å². The van der Waals surface area contributed by atoms with E-state index in [1.165, 1.54) is 11.6 Å². The maximum Gasteiger partial charge on any atom is 0.148 e. The largest absolute Gasteiger partial charge is 0.396 e. The van der Waals surface area contributed by atoms with Crippen molar-refractivity contribution < 1.29 is 4.39 Å². The molecule has 0 aliphatic carbocycles. The average molecular weight is 230 g/mol. The first-order valence-electron chi connectivity index (χ1n) is 5.45. The number of hydrogen-bond donors (Lipinski definition) is 2. The van der Waals surface area contributed by atoms with E-state index in [2.05, 4.69) is 11.4 Å². The zero-order chi connectivity index (χ0) is 12.4. The zero-order valence-electron chi connectivity index (χ0n) is 9.92. The molecule has 0 saturated heterocycles. The Morgan fingerprint density at radius 3 is 2.47 bits per heavy atom. The molecule has 2 aromatic rings. The molecule has 0 amide bonds. The summed E-state index contributed by atoms with van der Waals surface area (Å²) >= 11 is 0. The van der Waals surface area contributed by atoms with Gasteiger partial charge in [0.25, 0.3) is 0 Å². The van der Waals surface area contributed by atoms with Gasteiger partial charge in [0.2, 0.25) is 0 Å². The first kappa shape index (κ1) is 11.5. The van der Waals surface area contributed by atoms with E-state index in [1.807, 2.05) is 26.0 Å². The van der Waals surface area contributed by atoms with E-state index in [1.54, 1.807) is 12.1 Å². The Balaban J connectivity index is 2.28. The van der Waals surface area contributed by atoms with Crippen LogP contribution in [0.25, 0.3) is 0 Å². The summed E-state index contributed by atoms with van der Waals surface area (Å²) in [6.45, 7) is 4.06. The number of anilines is 3. The molecule has 0 aromatic heterocycles. The van der Waals surface area contributed by atoms with Crippen molar-refractivity contribution in [2.75, 3.05) is 11.1 Å². The van der Waals surface area contributed by atoms with Crippen molar-refractivity contribution in [1.29, 1.82) is 0 Å². The molecule has 3 N–H and O–H groups in total. The van der Waals surface area contributed by atoms with Crippen molar-refractivity contribution in [2.24, 2.45) is 0 Å². The predicted octanol–water partition coefficient (Wildman–Crippen LogP) is 3.77. The smallest absolute Gasteiger partial charge is 0.148 e. The lowest BCUT2D eigenvalue weighted by Gasteiger charge is -2.10. The molecule has 0 fully saturated rings. The number of benzene rings is 2. The molecule has 2 aromatic carbocycles. The fraction of sp³-hybridized carbons (Fsp3) is 0.143. The van der Waals surface area contributed by atoms with E-state index in [4.69, 9.17) is 5.73 Å². The highest BCUT2D eigenvalue weighted by Crippen LogP contribution is 2.23. The molecule has 2 nitrogen and oxygen atoms in total.